The predicted octanol–water partition coefficient (Wildman–Crippen LogP) is 13.8. The van der Waals surface area contributed by atoms with Crippen LogP contribution in [0.25, 0.3) is 104 Å². The topological polar surface area (TPSA) is 9.34 Å². The van der Waals surface area contributed by atoms with E-state index in [0.29, 0.717) is 0 Å². The van der Waals surface area contributed by atoms with Crippen LogP contribution in [-0.2, 0) is 10.8 Å². The number of rotatable bonds is 3. The fourth-order valence-electron chi connectivity index (χ4n) is 11.3. The van der Waals surface area contributed by atoms with E-state index in [1.165, 1.54) is 132 Å². The second kappa shape index (κ2) is 11.4. The maximum absolute atomic E-state index is 2.76. The first kappa shape index (κ1) is 34.3. The molecule has 60 heavy (non-hydrogen) atoms. The number of hydrogen-bond donors (Lipinski definition) is 0. The third kappa shape index (κ3) is 4.35. The third-order valence-corrected chi connectivity index (χ3v) is 14.2. The van der Waals surface area contributed by atoms with E-state index < -0.39 is 0 Å². The van der Waals surface area contributed by atoms with Gasteiger partial charge in [-0.2, -0.15) is 0 Å². The van der Waals surface area contributed by atoms with Crippen LogP contribution >= 0.6 is 0 Å². The molecule has 0 fully saturated rings. The van der Waals surface area contributed by atoms with E-state index in [2.05, 4.69) is 203 Å². The van der Waals surface area contributed by atoms with Gasteiger partial charge in [0.2, 0.25) is 0 Å². The molecule has 0 bridgehead atoms. The van der Waals surface area contributed by atoms with Gasteiger partial charge in [0.25, 0.3) is 0 Å². The average molecular weight is 769 g/mol. The van der Waals surface area contributed by atoms with Gasteiger partial charge in [-0.1, -0.05) is 139 Å². The zero-order valence-corrected chi connectivity index (χ0v) is 35.3. The fourth-order valence-corrected chi connectivity index (χ4v) is 11.3. The van der Waals surface area contributed by atoms with E-state index in [4.69, 9.17) is 0 Å². The van der Waals surface area contributed by atoms with Crippen molar-refractivity contribution in [1.29, 1.82) is 0 Å². The zero-order valence-electron chi connectivity index (χ0n) is 35.3. The number of fused-ring (bicyclic) bond motifs is 8. The first-order valence-electron chi connectivity index (χ1n) is 21.6. The summed E-state index contributed by atoms with van der Waals surface area (Å²) in [5, 5.41) is 8.06. The normalized spacial score (nSPS) is 13.6. The smallest absolute Gasteiger partial charge is 0.333 e. The quantitative estimate of drug-likeness (QED) is 0.158. The molecule has 0 atom stereocenters. The summed E-state index contributed by atoms with van der Waals surface area (Å²) >= 11 is 0. The maximum Gasteiger partial charge on any atom is 0.333 e. The number of nitrogens with zero attached hydrogens (tertiary/aromatic N) is 2. The fraction of sp³-hybridized carbons (Fsp3) is 0.158. The number of benzene rings is 8. The highest BCUT2D eigenvalue weighted by Gasteiger charge is 2.43. The highest BCUT2D eigenvalue weighted by atomic mass is 15.0. The molecular weight excluding hydrogens is 723 g/mol. The van der Waals surface area contributed by atoms with Gasteiger partial charge in [0.1, 0.15) is 0 Å². The molecule has 0 radical (unpaired) electrons. The lowest BCUT2D eigenvalue weighted by Gasteiger charge is -2.33. The van der Waals surface area contributed by atoms with E-state index in [0.717, 1.165) is 0 Å². The Balaban J connectivity index is 1.30. The molecule has 0 spiro atoms. The maximum atomic E-state index is 2.76. The summed E-state index contributed by atoms with van der Waals surface area (Å²) in [6.07, 6.45) is 0. The number of aromatic nitrogens is 2. The lowest BCUT2D eigenvalue weighted by atomic mass is 9.45. The minimum atomic E-state index is -0.0373. The van der Waals surface area contributed by atoms with Crippen LogP contribution < -0.4 is 10.9 Å². The van der Waals surface area contributed by atoms with Crippen molar-refractivity contribution in [3.63, 3.8) is 0 Å². The lowest BCUT2D eigenvalue weighted by Crippen LogP contribution is -2.54. The highest BCUT2D eigenvalue weighted by molar-refractivity contribution is 6.91. The molecule has 13 rings (SSSR count). The van der Waals surface area contributed by atoms with Crippen LogP contribution in [0.15, 0.2) is 146 Å². The number of hydrogen-bond acceptors (Lipinski definition) is 0. The molecule has 2 aliphatic rings. The Morgan fingerprint density at radius 3 is 1.70 bits per heavy atom. The van der Waals surface area contributed by atoms with E-state index in [1.807, 2.05) is 0 Å². The van der Waals surface area contributed by atoms with Crippen LogP contribution in [0.2, 0.25) is 0 Å². The van der Waals surface area contributed by atoms with E-state index in [-0.39, 0.29) is 17.7 Å². The zero-order chi connectivity index (χ0) is 40.6. The Hall–Kier alpha value is -6.58. The van der Waals surface area contributed by atoms with Gasteiger partial charge in [0.05, 0.1) is 16.6 Å². The van der Waals surface area contributed by atoms with Crippen molar-refractivity contribution in [3.05, 3.63) is 162 Å². The van der Waals surface area contributed by atoms with Gasteiger partial charge >= 0.3 is 6.85 Å². The second-order valence-corrected chi connectivity index (χ2v) is 19.8. The molecule has 3 heteroatoms. The third-order valence-electron chi connectivity index (χ3n) is 14.2. The molecule has 286 valence electrons. The van der Waals surface area contributed by atoms with Gasteiger partial charge in [-0.25, -0.2) is 0 Å². The van der Waals surface area contributed by atoms with Crippen molar-refractivity contribution in [2.45, 2.75) is 59.3 Å². The van der Waals surface area contributed by atoms with Gasteiger partial charge in [-0.05, 0) is 133 Å². The van der Waals surface area contributed by atoms with Crippen molar-refractivity contribution in [3.8, 4) is 44.5 Å². The van der Waals surface area contributed by atoms with E-state index >= 15 is 0 Å². The first-order chi connectivity index (χ1) is 29.0. The summed E-state index contributed by atoms with van der Waals surface area (Å²) in [6, 6.07) is 56.0. The van der Waals surface area contributed by atoms with E-state index in [9.17, 15) is 0 Å². The Labute approximate surface area is 351 Å². The average Bonchev–Trinajstić information content (AvgIpc) is 3.89. The van der Waals surface area contributed by atoms with Crippen molar-refractivity contribution in [1.82, 2.24) is 8.88 Å². The van der Waals surface area contributed by atoms with Gasteiger partial charge < -0.3 is 8.88 Å². The van der Waals surface area contributed by atoms with Gasteiger partial charge in [-0.3, -0.25) is 0 Å². The summed E-state index contributed by atoms with van der Waals surface area (Å²) in [4.78, 5) is 0. The summed E-state index contributed by atoms with van der Waals surface area (Å²) in [5.41, 5.74) is 23.9. The summed E-state index contributed by atoms with van der Waals surface area (Å²) in [6.45, 7) is 16.4. The molecule has 0 saturated heterocycles. The molecule has 5 heterocycles. The van der Waals surface area contributed by atoms with Gasteiger partial charge in [-0.15, -0.1) is 0 Å². The lowest BCUT2D eigenvalue weighted by molar-refractivity contribution is 0.590. The molecule has 0 unspecified atom stereocenters. The molecule has 2 nitrogen and oxygen atoms in total. The predicted molar refractivity (Wildman–Crippen MR) is 258 cm³/mol. The Kier molecular flexibility index (Phi) is 6.50. The molecule has 0 saturated carbocycles. The van der Waals surface area contributed by atoms with Crippen molar-refractivity contribution >= 4 is 77.7 Å². The molecule has 0 N–H and O–H groups in total. The standard InChI is InChI=1S/C57H45BN2/c1-32-16-14-15-21-39(32)41-31-42-46-30-38(57(5,6)7)29-45-40-28-37(56(2,3)4)22-23-49(40)60(53(45)46)58-48-27-36(34-19-12-9-13-20-34)25-44-43-24-35(33-17-10-8-11-18-33)26-47-50(41)55(51(42)58)59(52(43)47)54(44)48/h8-31H,1-7H3. The van der Waals surface area contributed by atoms with Crippen molar-refractivity contribution < 1.29 is 0 Å². The molecule has 8 aromatic carbocycles. The van der Waals surface area contributed by atoms with E-state index in [1.54, 1.807) is 0 Å². The Morgan fingerprint density at radius 2 is 1.02 bits per heavy atom. The summed E-state index contributed by atoms with van der Waals surface area (Å²) in [5.74, 6) is 0. The summed E-state index contributed by atoms with van der Waals surface area (Å²) in [7, 11) is 0. The highest BCUT2D eigenvalue weighted by Crippen LogP contribution is 2.51. The van der Waals surface area contributed by atoms with Gasteiger partial charge in [0, 0.05) is 48.9 Å². The molecular formula is C57H45BN2. The number of aryl methyl sites for hydroxylation is 1. The molecule has 2 aliphatic heterocycles. The second-order valence-electron chi connectivity index (χ2n) is 19.8. The van der Waals surface area contributed by atoms with Crippen LogP contribution in [0.1, 0.15) is 58.2 Å². The van der Waals surface area contributed by atoms with Crippen LogP contribution in [0.4, 0.5) is 0 Å². The SMILES string of the molecule is Cc1ccccc1-c1cc2c3c4c1c1cc(-c5ccccc5)cc5c6cc(-c7ccccc7)cc(c6n4c51)B3n1c3ccc(C(C)(C)C)cc3c3cc(C(C)(C)C)cc-2c31. The molecule has 0 aliphatic carbocycles. The molecule has 0 amide bonds. The minimum absolute atomic E-state index is 0.0150. The largest absolute Gasteiger partial charge is 0.375 e. The van der Waals surface area contributed by atoms with Crippen LogP contribution in [-0.4, -0.2) is 15.7 Å². The monoisotopic (exact) mass is 768 g/mol. The Bertz CT molecular complexity index is 3660. The van der Waals surface area contributed by atoms with Crippen LogP contribution in [0.3, 0.4) is 0 Å². The van der Waals surface area contributed by atoms with Crippen molar-refractivity contribution in [2.24, 2.45) is 0 Å². The molecule has 11 aromatic rings. The molecule has 3 aromatic heterocycles. The van der Waals surface area contributed by atoms with Crippen LogP contribution in [0, 0.1) is 6.92 Å². The first-order valence-corrected chi connectivity index (χ1v) is 21.6. The van der Waals surface area contributed by atoms with Crippen molar-refractivity contribution in [2.75, 3.05) is 0 Å². The minimum Gasteiger partial charge on any atom is -0.375 e. The summed E-state index contributed by atoms with van der Waals surface area (Å²) < 4.78 is 5.46. The van der Waals surface area contributed by atoms with Crippen LogP contribution in [0.5, 0.6) is 0 Å². The Morgan fingerprint density at radius 1 is 0.417 bits per heavy atom. The van der Waals surface area contributed by atoms with Gasteiger partial charge in [0.15, 0.2) is 0 Å².